The van der Waals surface area contributed by atoms with E-state index in [-0.39, 0.29) is 0 Å². The zero-order valence-corrected chi connectivity index (χ0v) is 19.9. The quantitative estimate of drug-likeness (QED) is 0.620. The molecule has 32 heavy (non-hydrogen) atoms. The van der Waals surface area contributed by atoms with Crippen molar-refractivity contribution in [3.8, 4) is 5.75 Å². The molecule has 172 valence electrons. The Morgan fingerprint density at radius 3 is 2.44 bits per heavy atom. The van der Waals surface area contributed by atoms with Gasteiger partial charge in [0.1, 0.15) is 5.75 Å². The van der Waals surface area contributed by atoms with Gasteiger partial charge in [-0.2, -0.15) is 0 Å². The highest BCUT2D eigenvalue weighted by Gasteiger charge is 2.34. The van der Waals surface area contributed by atoms with Crippen molar-refractivity contribution < 1.29 is 9.84 Å². The molecule has 0 radical (unpaired) electrons. The highest BCUT2D eigenvalue weighted by molar-refractivity contribution is 6.30. The first-order valence-corrected chi connectivity index (χ1v) is 12.2. The van der Waals surface area contributed by atoms with Crippen LogP contribution in [0.1, 0.15) is 43.2 Å². The molecule has 0 spiro atoms. The Kier molecular flexibility index (Phi) is 7.90. The molecule has 4 nitrogen and oxygen atoms in total. The highest BCUT2D eigenvalue weighted by Crippen LogP contribution is 2.40. The lowest BCUT2D eigenvalue weighted by atomic mass is 9.76. The molecule has 0 aromatic heterocycles. The molecule has 2 fully saturated rings. The van der Waals surface area contributed by atoms with Gasteiger partial charge in [0.2, 0.25) is 0 Å². The minimum Gasteiger partial charge on any atom is -0.497 e. The van der Waals surface area contributed by atoms with E-state index in [9.17, 15) is 5.11 Å². The average Bonchev–Trinajstić information content (AvgIpc) is 2.81. The van der Waals surface area contributed by atoms with Crippen LogP contribution in [0.4, 0.5) is 0 Å². The second-order valence-electron chi connectivity index (χ2n) is 9.15. The second-order valence-corrected chi connectivity index (χ2v) is 9.59. The maximum atomic E-state index is 11.6. The summed E-state index contributed by atoms with van der Waals surface area (Å²) in [7, 11) is 1.70. The minimum atomic E-state index is -0.737. The Hall–Kier alpha value is -1.85. The third-order valence-electron chi connectivity index (χ3n) is 6.88. The molecular weight excluding hydrogens is 420 g/mol. The molecule has 1 N–H and O–H groups in total. The van der Waals surface area contributed by atoms with Gasteiger partial charge >= 0.3 is 0 Å². The van der Waals surface area contributed by atoms with E-state index in [1.807, 2.05) is 24.3 Å². The monoisotopic (exact) mass is 454 g/mol. The number of nitrogens with zero attached hydrogens (tertiary/aromatic N) is 2. The normalized spacial score (nSPS) is 20.3. The summed E-state index contributed by atoms with van der Waals surface area (Å²) in [5.41, 5.74) is 2.68. The summed E-state index contributed by atoms with van der Waals surface area (Å²) < 4.78 is 5.45. The lowest BCUT2D eigenvalue weighted by Gasteiger charge is -2.37. The maximum absolute atomic E-state index is 11.6. The number of rotatable bonds is 7. The van der Waals surface area contributed by atoms with Crippen LogP contribution in [-0.4, -0.2) is 60.3 Å². The van der Waals surface area contributed by atoms with E-state index >= 15 is 0 Å². The number of benzene rings is 2. The molecule has 2 aliphatic rings. The van der Waals surface area contributed by atoms with Gasteiger partial charge in [-0.15, -0.1) is 0 Å². The first kappa shape index (κ1) is 23.3. The number of aliphatic hydroxyl groups is 1. The van der Waals surface area contributed by atoms with Gasteiger partial charge in [-0.25, -0.2) is 0 Å². The maximum Gasteiger partial charge on any atom is 0.119 e. The van der Waals surface area contributed by atoms with E-state index in [1.54, 1.807) is 7.11 Å². The number of hydrogen-bond donors (Lipinski definition) is 1. The lowest BCUT2D eigenvalue weighted by molar-refractivity contribution is 0.0608. The fourth-order valence-electron chi connectivity index (χ4n) is 5.02. The molecule has 1 heterocycles. The molecule has 4 rings (SSSR count). The fraction of sp³-hybridized carbons (Fsp3) is 0.481. The van der Waals surface area contributed by atoms with Crippen molar-refractivity contribution in [2.75, 3.05) is 39.8 Å². The van der Waals surface area contributed by atoms with Crippen LogP contribution in [0.5, 0.6) is 5.75 Å². The van der Waals surface area contributed by atoms with Gasteiger partial charge in [0, 0.05) is 44.3 Å². The Bertz CT molecular complexity index is 915. The van der Waals surface area contributed by atoms with Crippen molar-refractivity contribution in [3.05, 3.63) is 70.8 Å². The van der Waals surface area contributed by atoms with E-state index in [1.165, 1.54) is 12.0 Å². The van der Waals surface area contributed by atoms with Gasteiger partial charge in [0.25, 0.3) is 0 Å². The van der Waals surface area contributed by atoms with Crippen molar-refractivity contribution in [2.45, 2.75) is 44.2 Å². The molecule has 2 aromatic carbocycles. The van der Waals surface area contributed by atoms with Crippen molar-refractivity contribution in [3.63, 3.8) is 0 Å². The predicted octanol–water partition coefficient (Wildman–Crippen LogP) is 5.25. The molecule has 1 saturated heterocycles. The summed E-state index contributed by atoms with van der Waals surface area (Å²) in [6, 6.07) is 16.3. The van der Waals surface area contributed by atoms with Gasteiger partial charge in [0.05, 0.1) is 12.7 Å². The molecule has 0 unspecified atom stereocenters. The van der Waals surface area contributed by atoms with Crippen molar-refractivity contribution in [2.24, 2.45) is 0 Å². The zero-order valence-electron chi connectivity index (χ0n) is 19.1. The number of methoxy groups -OCH3 is 1. The van der Waals surface area contributed by atoms with Crippen molar-refractivity contribution in [1.29, 1.82) is 0 Å². The molecule has 0 atom stereocenters. The molecule has 2 aromatic rings. The molecule has 5 heteroatoms. The topological polar surface area (TPSA) is 35.9 Å². The van der Waals surface area contributed by atoms with E-state index in [0.29, 0.717) is 0 Å². The third-order valence-corrected chi connectivity index (χ3v) is 7.11. The predicted molar refractivity (Wildman–Crippen MR) is 132 cm³/mol. The third kappa shape index (κ3) is 5.93. The summed E-state index contributed by atoms with van der Waals surface area (Å²) in [5.74, 6) is 0.836. The minimum absolute atomic E-state index is 0.737. The number of piperazine rings is 1. The van der Waals surface area contributed by atoms with E-state index in [2.05, 4.69) is 40.1 Å². The van der Waals surface area contributed by atoms with E-state index in [0.717, 1.165) is 86.9 Å². The van der Waals surface area contributed by atoms with Crippen LogP contribution in [0.2, 0.25) is 5.02 Å². The zero-order chi connectivity index (χ0) is 22.4. The van der Waals surface area contributed by atoms with Crippen LogP contribution in [-0.2, 0) is 6.54 Å². The summed E-state index contributed by atoms with van der Waals surface area (Å²) in [6.07, 6.45) is 7.32. The van der Waals surface area contributed by atoms with Gasteiger partial charge in [-0.1, -0.05) is 61.2 Å². The SMILES string of the molecule is COc1cccc(/C(=C/CN2CCN(Cc3cccc(Cl)c3)CC2)C2(O)CCCCC2)c1. The van der Waals surface area contributed by atoms with Gasteiger partial charge in [-0.05, 0) is 53.8 Å². The molecule has 0 bridgehead atoms. The Morgan fingerprint density at radius 1 is 1.00 bits per heavy atom. The van der Waals surface area contributed by atoms with E-state index in [4.69, 9.17) is 16.3 Å². The molecule has 1 aliphatic heterocycles. The standard InChI is InChI=1S/C27H35ClN2O2/c1-32-25-10-6-8-23(20-25)26(27(31)12-3-2-4-13-27)11-14-29-15-17-30(18-16-29)21-22-7-5-9-24(28)19-22/h5-11,19-20,31H,2-4,12-18,21H2,1H3/b26-11-. The van der Waals surface area contributed by atoms with Crippen LogP contribution in [0.25, 0.3) is 5.57 Å². The summed E-state index contributed by atoms with van der Waals surface area (Å²) in [5, 5.41) is 12.4. The summed E-state index contributed by atoms with van der Waals surface area (Å²) in [4.78, 5) is 4.98. The van der Waals surface area contributed by atoms with Gasteiger partial charge in [-0.3, -0.25) is 9.80 Å². The van der Waals surface area contributed by atoms with Gasteiger partial charge in [0.15, 0.2) is 0 Å². The second kappa shape index (κ2) is 10.8. The summed E-state index contributed by atoms with van der Waals surface area (Å²) >= 11 is 6.14. The number of hydrogen-bond acceptors (Lipinski definition) is 4. The van der Waals surface area contributed by atoms with Crippen LogP contribution in [0.15, 0.2) is 54.6 Å². The highest BCUT2D eigenvalue weighted by atomic mass is 35.5. The summed E-state index contributed by atoms with van der Waals surface area (Å²) in [6.45, 7) is 5.94. The smallest absolute Gasteiger partial charge is 0.119 e. The molecule has 1 saturated carbocycles. The Labute approximate surface area is 197 Å². The lowest BCUT2D eigenvalue weighted by Crippen LogP contribution is -2.46. The first-order chi connectivity index (χ1) is 15.6. The fourth-order valence-corrected chi connectivity index (χ4v) is 5.23. The van der Waals surface area contributed by atoms with E-state index < -0.39 is 5.60 Å². The number of ether oxygens (including phenoxy) is 1. The number of halogens is 1. The van der Waals surface area contributed by atoms with Crippen molar-refractivity contribution in [1.82, 2.24) is 9.80 Å². The molecule has 0 amide bonds. The largest absolute Gasteiger partial charge is 0.497 e. The van der Waals surface area contributed by atoms with Gasteiger partial charge < -0.3 is 9.84 Å². The van der Waals surface area contributed by atoms with Crippen LogP contribution in [0, 0.1) is 0 Å². The van der Waals surface area contributed by atoms with Crippen LogP contribution >= 0.6 is 11.6 Å². The van der Waals surface area contributed by atoms with Crippen LogP contribution in [0.3, 0.4) is 0 Å². The molecular formula is C27H35ClN2O2. The van der Waals surface area contributed by atoms with Crippen molar-refractivity contribution >= 4 is 17.2 Å². The Morgan fingerprint density at radius 2 is 1.72 bits per heavy atom. The molecule has 1 aliphatic carbocycles. The Balaban J connectivity index is 1.42. The van der Waals surface area contributed by atoms with Crippen LogP contribution < -0.4 is 4.74 Å². The first-order valence-electron chi connectivity index (χ1n) is 11.8. The average molecular weight is 455 g/mol.